The maximum atomic E-state index is 11.2. The maximum Gasteiger partial charge on any atom is 0.353 e. The van der Waals surface area contributed by atoms with Gasteiger partial charge in [-0.1, -0.05) is 48.7 Å². The number of rotatable bonds is 8. The van der Waals surface area contributed by atoms with E-state index in [4.69, 9.17) is 9.57 Å². The second-order valence-electron chi connectivity index (χ2n) is 9.04. The molecule has 1 aliphatic rings. The number of carboxylic acids is 1. The number of hydrogen-bond acceptors (Lipinski definition) is 6. The van der Waals surface area contributed by atoms with Crippen molar-refractivity contribution in [1.82, 2.24) is 4.98 Å². The minimum absolute atomic E-state index is 0.0371. The SMILES string of the molecule is C/C(=N\OC(c1cc2cc(OCc3ccc4ccccc4n3)ccc2s1)C1CCCCC1)C(=O)O. The molecule has 35 heavy (non-hydrogen) atoms. The minimum Gasteiger partial charge on any atom is -0.487 e. The number of fused-ring (bicyclic) bond motifs is 2. The van der Waals surface area contributed by atoms with Crippen LogP contribution in [0.3, 0.4) is 0 Å². The van der Waals surface area contributed by atoms with E-state index in [1.807, 2.05) is 42.5 Å². The maximum absolute atomic E-state index is 11.2. The number of thiophene rings is 1. The largest absolute Gasteiger partial charge is 0.487 e. The summed E-state index contributed by atoms with van der Waals surface area (Å²) in [4.78, 5) is 22.8. The molecule has 2 aromatic carbocycles. The molecule has 0 amide bonds. The Balaban J connectivity index is 1.35. The van der Waals surface area contributed by atoms with Crippen LogP contribution in [-0.4, -0.2) is 21.8 Å². The zero-order valence-corrected chi connectivity index (χ0v) is 20.5. The van der Waals surface area contributed by atoms with Gasteiger partial charge in [-0.3, -0.25) is 0 Å². The van der Waals surface area contributed by atoms with E-state index in [2.05, 4.69) is 28.3 Å². The zero-order chi connectivity index (χ0) is 24.2. The number of carbonyl (C=O) groups is 1. The predicted octanol–water partition coefficient (Wildman–Crippen LogP) is 7.13. The predicted molar refractivity (Wildman–Crippen MR) is 139 cm³/mol. The summed E-state index contributed by atoms with van der Waals surface area (Å²) in [6, 6.07) is 20.3. The number of aliphatic carboxylic acids is 1. The first-order chi connectivity index (χ1) is 17.1. The summed E-state index contributed by atoms with van der Waals surface area (Å²) < 4.78 is 7.20. The van der Waals surface area contributed by atoms with Crippen molar-refractivity contribution >= 4 is 44.0 Å². The average molecular weight is 489 g/mol. The van der Waals surface area contributed by atoms with Crippen LogP contribution in [-0.2, 0) is 16.2 Å². The van der Waals surface area contributed by atoms with Gasteiger partial charge in [-0.2, -0.15) is 0 Å². The van der Waals surface area contributed by atoms with Gasteiger partial charge in [0.1, 0.15) is 12.4 Å². The molecule has 5 rings (SSSR count). The van der Waals surface area contributed by atoms with Gasteiger partial charge in [0, 0.05) is 20.9 Å². The Hall–Kier alpha value is -3.45. The Labute approximate surface area is 208 Å². The number of pyridine rings is 1. The molecule has 7 heteroatoms. The van der Waals surface area contributed by atoms with Crippen LogP contribution < -0.4 is 4.74 Å². The molecule has 0 radical (unpaired) electrons. The van der Waals surface area contributed by atoms with E-state index in [9.17, 15) is 9.90 Å². The number of hydrogen-bond donors (Lipinski definition) is 1. The van der Waals surface area contributed by atoms with E-state index in [0.717, 1.165) is 63.0 Å². The fourth-order valence-corrected chi connectivity index (χ4v) is 5.76. The van der Waals surface area contributed by atoms with Gasteiger partial charge in [0.05, 0.1) is 11.2 Å². The van der Waals surface area contributed by atoms with E-state index in [1.54, 1.807) is 11.3 Å². The highest BCUT2D eigenvalue weighted by Crippen LogP contribution is 2.42. The van der Waals surface area contributed by atoms with Gasteiger partial charge in [-0.25, -0.2) is 9.78 Å². The summed E-state index contributed by atoms with van der Waals surface area (Å²) in [6.07, 6.45) is 5.45. The molecule has 1 atom stereocenters. The fourth-order valence-electron chi connectivity index (χ4n) is 4.60. The molecule has 1 saturated carbocycles. The van der Waals surface area contributed by atoms with Crippen molar-refractivity contribution in [2.45, 2.75) is 51.7 Å². The van der Waals surface area contributed by atoms with Crippen LogP contribution in [0.1, 0.15) is 55.7 Å². The van der Waals surface area contributed by atoms with Gasteiger partial charge < -0.3 is 14.7 Å². The second kappa shape index (κ2) is 10.4. The summed E-state index contributed by atoms with van der Waals surface area (Å²) in [5.74, 6) is 0.0509. The highest BCUT2D eigenvalue weighted by molar-refractivity contribution is 7.19. The van der Waals surface area contributed by atoms with Crippen LogP contribution in [0, 0.1) is 5.92 Å². The third kappa shape index (κ3) is 5.46. The normalized spacial score (nSPS) is 15.9. The van der Waals surface area contributed by atoms with Gasteiger partial charge in [0.15, 0.2) is 11.8 Å². The molecule has 2 aromatic heterocycles. The summed E-state index contributed by atoms with van der Waals surface area (Å²) in [5, 5.41) is 15.3. The molecule has 1 N–H and O–H groups in total. The zero-order valence-electron chi connectivity index (χ0n) is 19.6. The lowest BCUT2D eigenvalue weighted by molar-refractivity contribution is -0.129. The minimum atomic E-state index is -1.06. The lowest BCUT2D eigenvalue weighted by Crippen LogP contribution is -2.18. The van der Waals surface area contributed by atoms with E-state index < -0.39 is 5.97 Å². The average Bonchev–Trinajstić information content (AvgIpc) is 3.31. The van der Waals surface area contributed by atoms with E-state index in [0.29, 0.717) is 12.5 Å². The van der Waals surface area contributed by atoms with Crippen LogP contribution in [0.4, 0.5) is 0 Å². The first kappa shape index (κ1) is 23.3. The van der Waals surface area contributed by atoms with Gasteiger partial charge >= 0.3 is 5.97 Å². The van der Waals surface area contributed by atoms with Gasteiger partial charge in [-0.05, 0) is 61.5 Å². The summed E-state index contributed by atoms with van der Waals surface area (Å²) in [6.45, 7) is 1.85. The van der Waals surface area contributed by atoms with Crippen molar-refractivity contribution in [2.75, 3.05) is 0 Å². The Morgan fingerprint density at radius 1 is 1.09 bits per heavy atom. The molecule has 6 nitrogen and oxygen atoms in total. The van der Waals surface area contributed by atoms with Crippen molar-refractivity contribution in [3.8, 4) is 5.75 Å². The highest BCUT2D eigenvalue weighted by Gasteiger charge is 2.29. The topological polar surface area (TPSA) is 81.0 Å². The van der Waals surface area contributed by atoms with Crippen molar-refractivity contribution in [3.63, 3.8) is 0 Å². The van der Waals surface area contributed by atoms with Gasteiger partial charge in [0.2, 0.25) is 0 Å². The van der Waals surface area contributed by atoms with Crippen molar-refractivity contribution in [1.29, 1.82) is 0 Å². The first-order valence-corrected chi connectivity index (χ1v) is 12.8. The summed E-state index contributed by atoms with van der Waals surface area (Å²) in [7, 11) is 0. The molecule has 1 aliphatic carbocycles. The smallest absolute Gasteiger partial charge is 0.353 e. The molecule has 180 valence electrons. The van der Waals surface area contributed by atoms with E-state index in [-0.39, 0.29) is 11.8 Å². The van der Waals surface area contributed by atoms with Crippen molar-refractivity contribution in [2.24, 2.45) is 11.1 Å². The third-order valence-corrected chi connectivity index (χ3v) is 7.70. The Morgan fingerprint density at radius 3 is 2.74 bits per heavy atom. The number of para-hydroxylation sites is 1. The molecule has 0 aliphatic heterocycles. The Kier molecular flexibility index (Phi) is 6.95. The second-order valence-corrected chi connectivity index (χ2v) is 10.2. The molecular weight excluding hydrogens is 460 g/mol. The molecule has 0 spiro atoms. The first-order valence-electron chi connectivity index (χ1n) is 12.0. The standard InChI is InChI=1S/C28H28N2O4S/c1-18(28(31)32)30-34-27(20-8-3-2-4-9-20)26-16-21-15-23(13-14-25(21)35-26)33-17-22-12-11-19-7-5-6-10-24(19)29-22/h5-7,10-16,20,27H,2-4,8-9,17H2,1H3,(H,31,32)/b30-18+. The molecule has 0 saturated heterocycles. The van der Waals surface area contributed by atoms with E-state index in [1.165, 1.54) is 13.3 Å². The molecule has 0 bridgehead atoms. The van der Waals surface area contributed by atoms with Crippen LogP contribution >= 0.6 is 11.3 Å². The lowest BCUT2D eigenvalue weighted by atomic mass is 9.84. The van der Waals surface area contributed by atoms with Crippen LogP contribution in [0.15, 0.2) is 65.8 Å². The van der Waals surface area contributed by atoms with Gasteiger partial charge in [-0.15, -0.1) is 11.3 Å². The van der Waals surface area contributed by atoms with Gasteiger partial charge in [0.25, 0.3) is 0 Å². The summed E-state index contributed by atoms with van der Waals surface area (Å²) in [5.41, 5.74) is 1.80. The Morgan fingerprint density at radius 2 is 1.91 bits per heavy atom. The van der Waals surface area contributed by atoms with Crippen molar-refractivity contribution < 1.29 is 19.5 Å². The van der Waals surface area contributed by atoms with Crippen molar-refractivity contribution in [3.05, 3.63) is 71.2 Å². The molecule has 4 aromatic rings. The third-order valence-electron chi connectivity index (χ3n) is 6.52. The lowest BCUT2D eigenvalue weighted by Gasteiger charge is -2.27. The number of carboxylic acid groups (broad SMARTS) is 1. The molecule has 1 unspecified atom stereocenters. The number of oxime groups is 1. The fraction of sp³-hybridized carbons (Fsp3) is 0.321. The molecular formula is C28H28N2O4S. The number of nitrogens with zero attached hydrogens (tertiary/aromatic N) is 2. The molecule has 1 fully saturated rings. The Bertz CT molecular complexity index is 1370. The van der Waals surface area contributed by atoms with Crippen LogP contribution in [0.25, 0.3) is 21.0 Å². The molecule has 2 heterocycles. The number of aromatic nitrogens is 1. The monoisotopic (exact) mass is 488 g/mol. The highest BCUT2D eigenvalue weighted by atomic mass is 32.1. The van der Waals surface area contributed by atoms with E-state index >= 15 is 0 Å². The van der Waals surface area contributed by atoms with Crippen LogP contribution in [0.2, 0.25) is 0 Å². The van der Waals surface area contributed by atoms with Crippen LogP contribution in [0.5, 0.6) is 5.75 Å². The summed E-state index contributed by atoms with van der Waals surface area (Å²) >= 11 is 1.67. The number of benzene rings is 2. The number of ether oxygens (including phenoxy) is 1. The quantitative estimate of drug-likeness (QED) is 0.211.